The molecule has 1 amide bonds. The van der Waals surface area contributed by atoms with Crippen LogP contribution in [0.3, 0.4) is 0 Å². The molecular weight excluding hydrogens is 473 g/mol. The SMILES string of the molecule is C=[N+]([O-])c1ccccc1[C@@H]1C(=C(O)c2ccc(F)cc2)C(=O)C(=O)N1CCCN(CCCC)CCCC. The molecule has 1 saturated heterocycles. The van der Waals surface area contributed by atoms with Crippen LogP contribution in [0.15, 0.2) is 54.1 Å². The molecule has 2 aromatic carbocycles. The molecule has 0 aromatic heterocycles. The summed E-state index contributed by atoms with van der Waals surface area (Å²) in [4.78, 5) is 30.3. The molecule has 1 aliphatic heterocycles. The summed E-state index contributed by atoms with van der Waals surface area (Å²) < 4.78 is 13.9. The highest BCUT2D eigenvalue weighted by Crippen LogP contribution is 2.42. The number of halogens is 1. The minimum absolute atomic E-state index is 0.125. The molecule has 37 heavy (non-hydrogen) atoms. The minimum atomic E-state index is -0.973. The van der Waals surface area contributed by atoms with Crippen LogP contribution in [0.25, 0.3) is 5.76 Å². The fourth-order valence-corrected chi connectivity index (χ4v) is 4.71. The molecule has 8 heteroatoms. The quantitative estimate of drug-likeness (QED) is 0.0745. The van der Waals surface area contributed by atoms with E-state index in [1.54, 1.807) is 24.3 Å². The van der Waals surface area contributed by atoms with Crippen LogP contribution in [-0.2, 0) is 9.59 Å². The molecular formula is C29H36FN3O4. The van der Waals surface area contributed by atoms with Gasteiger partial charge in [-0.05, 0) is 69.2 Å². The molecule has 0 bridgehead atoms. The highest BCUT2D eigenvalue weighted by Gasteiger charge is 2.47. The zero-order valence-electron chi connectivity index (χ0n) is 21.7. The van der Waals surface area contributed by atoms with Crippen molar-refractivity contribution in [3.05, 3.63) is 76.3 Å². The maximum absolute atomic E-state index is 13.5. The maximum atomic E-state index is 13.5. The Balaban J connectivity index is 1.99. The van der Waals surface area contributed by atoms with Crippen molar-refractivity contribution >= 4 is 29.9 Å². The average molecular weight is 510 g/mol. The number of Topliss-reactive ketones (excluding diaryl/α,β-unsaturated/α-hetero) is 1. The van der Waals surface area contributed by atoms with E-state index in [9.17, 15) is 24.3 Å². The van der Waals surface area contributed by atoms with Crippen molar-refractivity contribution in [2.75, 3.05) is 26.2 Å². The molecule has 2 aromatic rings. The number of amides is 1. The van der Waals surface area contributed by atoms with E-state index in [2.05, 4.69) is 25.5 Å². The van der Waals surface area contributed by atoms with Crippen LogP contribution < -0.4 is 0 Å². The number of hydrogen-bond donors (Lipinski definition) is 1. The smallest absolute Gasteiger partial charge is 0.295 e. The molecule has 1 atom stereocenters. The number of unbranched alkanes of at least 4 members (excludes halogenated alkanes) is 2. The van der Waals surface area contributed by atoms with Crippen molar-refractivity contribution in [1.82, 2.24) is 9.80 Å². The first-order valence-corrected chi connectivity index (χ1v) is 12.9. The van der Waals surface area contributed by atoms with Gasteiger partial charge in [0.05, 0.1) is 17.2 Å². The Hall–Kier alpha value is -3.52. The second-order valence-corrected chi connectivity index (χ2v) is 9.34. The number of benzene rings is 2. The lowest BCUT2D eigenvalue weighted by atomic mass is 9.94. The highest BCUT2D eigenvalue weighted by atomic mass is 19.1. The van der Waals surface area contributed by atoms with Crippen LogP contribution in [0.5, 0.6) is 0 Å². The summed E-state index contributed by atoms with van der Waals surface area (Å²) in [5, 5.41) is 23.4. The fourth-order valence-electron chi connectivity index (χ4n) is 4.71. The van der Waals surface area contributed by atoms with E-state index in [-0.39, 0.29) is 23.4 Å². The number of likely N-dealkylation sites (tertiary alicyclic amines) is 1. The standard InChI is InChI=1S/C29H36FN3O4/c1-4-6-17-32(18-7-5-2)19-10-20-33-26(23-11-8-9-12-24(23)31(3)37)25(28(35)29(33)36)27(34)21-13-15-22(30)16-14-21/h8-9,11-16,26,34H,3-7,10,17-20H2,1-2H3/t26-/m1/s1. The van der Waals surface area contributed by atoms with Gasteiger partial charge in [0.25, 0.3) is 11.7 Å². The molecule has 198 valence electrons. The topological polar surface area (TPSA) is 86.9 Å². The number of aliphatic hydroxyl groups is 1. The molecule has 7 nitrogen and oxygen atoms in total. The first kappa shape index (κ1) is 28.1. The summed E-state index contributed by atoms with van der Waals surface area (Å²) in [5.41, 5.74) is 0.668. The highest BCUT2D eigenvalue weighted by molar-refractivity contribution is 6.46. The van der Waals surface area contributed by atoms with E-state index >= 15 is 0 Å². The van der Waals surface area contributed by atoms with Crippen molar-refractivity contribution in [1.29, 1.82) is 0 Å². The van der Waals surface area contributed by atoms with Gasteiger partial charge in [0.15, 0.2) is 0 Å². The van der Waals surface area contributed by atoms with E-state index in [4.69, 9.17) is 0 Å². The number of para-hydroxylation sites is 1. The summed E-state index contributed by atoms with van der Waals surface area (Å²) in [7, 11) is 0. The number of ketones is 1. The first-order chi connectivity index (χ1) is 17.8. The van der Waals surface area contributed by atoms with Gasteiger partial charge in [0, 0.05) is 18.2 Å². The second-order valence-electron chi connectivity index (χ2n) is 9.34. The van der Waals surface area contributed by atoms with Gasteiger partial charge in [-0.25, -0.2) is 4.39 Å². The second kappa shape index (κ2) is 13.1. The lowest BCUT2D eigenvalue weighted by Gasteiger charge is -2.28. The van der Waals surface area contributed by atoms with E-state index < -0.39 is 29.3 Å². The Kier molecular flexibility index (Phi) is 9.97. The third kappa shape index (κ3) is 6.63. The van der Waals surface area contributed by atoms with Crippen molar-refractivity contribution in [3.8, 4) is 0 Å². The van der Waals surface area contributed by atoms with Gasteiger partial charge in [0.1, 0.15) is 18.3 Å². The fraction of sp³-hybridized carbons (Fsp3) is 0.414. The maximum Gasteiger partial charge on any atom is 0.295 e. The zero-order valence-corrected chi connectivity index (χ0v) is 21.7. The van der Waals surface area contributed by atoms with Crippen molar-refractivity contribution in [3.63, 3.8) is 0 Å². The molecule has 0 aliphatic carbocycles. The summed E-state index contributed by atoms with van der Waals surface area (Å²) in [5.74, 6) is -2.47. The first-order valence-electron chi connectivity index (χ1n) is 12.9. The Morgan fingerprint density at radius 3 is 2.22 bits per heavy atom. The van der Waals surface area contributed by atoms with Gasteiger partial charge in [-0.2, -0.15) is 4.74 Å². The van der Waals surface area contributed by atoms with Gasteiger partial charge in [-0.1, -0.05) is 38.8 Å². The lowest BCUT2D eigenvalue weighted by molar-refractivity contribution is -0.350. The Bertz CT molecular complexity index is 1140. The Morgan fingerprint density at radius 2 is 1.62 bits per heavy atom. The zero-order chi connectivity index (χ0) is 26.9. The van der Waals surface area contributed by atoms with E-state index in [0.717, 1.165) is 45.3 Å². The summed E-state index contributed by atoms with van der Waals surface area (Å²) in [6.45, 7) is 10.7. The normalized spacial score (nSPS) is 17.1. The van der Waals surface area contributed by atoms with Crippen LogP contribution in [0.4, 0.5) is 10.1 Å². The molecule has 3 rings (SSSR count). The monoisotopic (exact) mass is 509 g/mol. The van der Waals surface area contributed by atoms with Crippen LogP contribution in [-0.4, -0.2) is 64.2 Å². The number of nitrogens with zero attached hydrogens (tertiary/aromatic N) is 3. The number of carbonyl (C=O) groups is 2. The van der Waals surface area contributed by atoms with Gasteiger partial charge >= 0.3 is 0 Å². The van der Waals surface area contributed by atoms with Crippen LogP contribution in [0.2, 0.25) is 0 Å². The molecule has 0 unspecified atom stereocenters. The van der Waals surface area contributed by atoms with Gasteiger partial charge in [0.2, 0.25) is 5.69 Å². The van der Waals surface area contributed by atoms with Crippen molar-refractivity contribution in [2.45, 2.75) is 52.0 Å². The summed E-state index contributed by atoms with van der Waals surface area (Å²) >= 11 is 0. The third-order valence-corrected chi connectivity index (χ3v) is 6.69. The van der Waals surface area contributed by atoms with Gasteiger partial charge in [-0.15, -0.1) is 0 Å². The predicted octanol–water partition coefficient (Wildman–Crippen LogP) is 5.38. The van der Waals surface area contributed by atoms with Crippen molar-refractivity contribution < 1.29 is 23.8 Å². The molecule has 0 radical (unpaired) electrons. The Labute approximate surface area is 218 Å². The minimum Gasteiger partial charge on any atom is -0.619 e. The van der Waals surface area contributed by atoms with Crippen LogP contribution in [0.1, 0.15) is 63.1 Å². The third-order valence-electron chi connectivity index (χ3n) is 6.69. The summed E-state index contributed by atoms with van der Waals surface area (Å²) in [6, 6.07) is 10.7. The average Bonchev–Trinajstić information content (AvgIpc) is 3.14. The van der Waals surface area contributed by atoms with Gasteiger partial charge in [-0.3, -0.25) is 9.59 Å². The number of rotatable bonds is 13. The molecule has 1 fully saturated rings. The summed E-state index contributed by atoms with van der Waals surface area (Å²) in [6.07, 6.45) is 4.98. The number of aliphatic hydroxyl groups excluding tert-OH is 1. The van der Waals surface area contributed by atoms with Crippen molar-refractivity contribution in [2.24, 2.45) is 0 Å². The molecule has 1 heterocycles. The largest absolute Gasteiger partial charge is 0.619 e. The number of hydrogen-bond acceptors (Lipinski definition) is 5. The Morgan fingerprint density at radius 1 is 1.03 bits per heavy atom. The van der Waals surface area contributed by atoms with Crippen LogP contribution in [0, 0.1) is 11.0 Å². The molecule has 0 spiro atoms. The number of carbonyl (C=O) groups excluding carboxylic acids is 2. The lowest BCUT2D eigenvalue weighted by Crippen LogP contribution is -2.34. The molecule has 1 N–H and O–H groups in total. The van der Waals surface area contributed by atoms with E-state index in [0.29, 0.717) is 16.7 Å². The molecule has 1 aliphatic rings. The predicted molar refractivity (Wildman–Crippen MR) is 143 cm³/mol. The molecule has 0 saturated carbocycles. The van der Waals surface area contributed by atoms with Gasteiger partial charge < -0.3 is 20.1 Å². The van der Waals surface area contributed by atoms with E-state index in [1.165, 1.54) is 29.2 Å². The van der Waals surface area contributed by atoms with E-state index in [1.807, 2.05) is 0 Å². The van der Waals surface area contributed by atoms with Crippen LogP contribution >= 0.6 is 0 Å².